The van der Waals surface area contributed by atoms with E-state index in [-0.39, 0.29) is 11.6 Å². The average Bonchev–Trinajstić information content (AvgIpc) is 2.57. The first-order valence-corrected chi connectivity index (χ1v) is 8.42. The second-order valence-electron chi connectivity index (χ2n) is 6.34. The summed E-state index contributed by atoms with van der Waals surface area (Å²) in [5, 5.41) is 0. The van der Waals surface area contributed by atoms with E-state index in [1.54, 1.807) is 12.1 Å². The van der Waals surface area contributed by atoms with Crippen LogP contribution in [0.1, 0.15) is 51.0 Å². The molecule has 1 saturated carbocycles. The van der Waals surface area contributed by atoms with Gasteiger partial charge >= 0.3 is 0 Å². The van der Waals surface area contributed by atoms with Crippen molar-refractivity contribution in [1.29, 1.82) is 0 Å². The molecule has 0 aliphatic heterocycles. The van der Waals surface area contributed by atoms with Gasteiger partial charge in [0.1, 0.15) is 0 Å². The number of hydrogen-bond donors (Lipinski definition) is 0. The molecule has 0 atom stereocenters. The molecule has 128 valence electrons. The Morgan fingerprint density at radius 3 is 2.48 bits per heavy atom. The average molecular weight is 326 g/mol. The predicted molar refractivity (Wildman–Crippen MR) is 86.2 cm³/mol. The van der Waals surface area contributed by atoms with Crippen molar-refractivity contribution in [3.63, 3.8) is 0 Å². The summed E-state index contributed by atoms with van der Waals surface area (Å²) in [7, 11) is 1.33. The van der Waals surface area contributed by atoms with Crippen LogP contribution < -0.4 is 4.74 Å². The summed E-state index contributed by atoms with van der Waals surface area (Å²) >= 11 is 0. The van der Waals surface area contributed by atoms with Gasteiger partial charge in [-0.25, -0.2) is 8.78 Å². The molecule has 0 aromatic heterocycles. The highest BCUT2D eigenvalue weighted by Crippen LogP contribution is 2.34. The maximum Gasteiger partial charge on any atom is 0.200 e. The SMILES string of the molecule is CC/C(F)=C/C1CCC(CCc2ccc(OC)c(F)c2F)CC1. The molecule has 1 aliphatic carbocycles. The van der Waals surface area contributed by atoms with E-state index in [9.17, 15) is 13.2 Å². The number of benzene rings is 1. The van der Waals surface area contributed by atoms with Gasteiger partial charge in [0.25, 0.3) is 0 Å². The lowest BCUT2D eigenvalue weighted by atomic mass is 9.79. The van der Waals surface area contributed by atoms with Gasteiger partial charge in [0.15, 0.2) is 11.6 Å². The molecule has 0 radical (unpaired) electrons. The second-order valence-corrected chi connectivity index (χ2v) is 6.34. The number of aryl methyl sites for hydroxylation is 1. The summed E-state index contributed by atoms with van der Waals surface area (Å²) in [6, 6.07) is 3.07. The topological polar surface area (TPSA) is 9.23 Å². The lowest BCUT2D eigenvalue weighted by Gasteiger charge is -2.27. The van der Waals surface area contributed by atoms with E-state index in [1.165, 1.54) is 13.2 Å². The van der Waals surface area contributed by atoms with Crippen LogP contribution in [0.5, 0.6) is 5.75 Å². The van der Waals surface area contributed by atoms with Gasteiger partial charge < -0.3 is 4.74 Å². The summed E-state index contributed by atoms with van der Waals surface area (Å²) in [6.45, 7) is 1.82. The zero-order valence-corrected chi connectivity index (χ0v) is 13.9. The van der Waals surface area contributed by atoms with Crippen LogP contribution in [-0.4, -0.2) is 7.11 Å². The van der Waals surface area contributed by atoms with E-state index in [0.717, 1.165) is 32.1 Å². The first-order chi connectivity index (χ1) is 11.0. The van der Waals surface area contributed by atoms with Crippen LogP contribution in [-0.2, 0) is 6.42 Å². The van der Waals surface area contributed by atoms with Gasteiger partial charge in [-0.2, -0.15) is 4.39 Å². The minimum atomic E-state index is -0.908. The molecule has 0 N–H and O–H groups in total. The van der Waals surface area contributed by atoms with E-state index in [2.05, 4.69) is 0 Å². The molecule has 1 aliphatic rings. The van der Waals surface area contributed by atoms with E-state index >= 15 is 0 Å². The molecule has 0 saturated heterocycles. The molecule has 0 unspecified atom stereocenters. The molecular weight excluding hydrogens is 301 g/mol. The summed E-state index contributed by atoms with van der Waals surface area (Å²) in [4.78, 5) is 0. The molecule has 1 nitrogen and oxygen atoms in total. The van der Waals surface area contributed by atoms with Crippen molar-refractivity contribution in [2.24, 2.45) is 11.8 Å². The van der Waals surface area contributed by atoms with E-state index in [1.807, 2.05) is 6.92 Å². The quantitative estimate of drug-likeness (QED) is 0.625. The fourth-order valence-corrected chi connectivity index (χ4v) is 3.30. The fourth-order valence-electron chi connectivity index (χ4n) is 3.30. The Balaban J connectivity index is 1.85. The van der Waals surface area contributed by atoms with Crippen LogP contribution in [0.15, 0.2) is 24.0 Å². The minimum absolute atomic E-state index is 0.0239. The molecule has 0 heterocycles. The van der Waals surface area contributed by atoms with Gasteiger partial charge in [0.05, 0.1) is 12.9 Å². The predicted octanol–water partition coefficient (Wildman–Crippen LogP) is 5.98. The number of methoxy groups -OCH3 is 1. The molecule has 4 heteroatoms. The van der Waals surface area contributed by atoms with Gasteiger partial charge in [0.2, 0.25) is 5.82 Å². The Bertz CT molecular complexity index is 546. The van der Waals surface area contributed by atoms with Crippen LogP contribution in [0.3, 0.4) is 0 Å². The summed E-state index contributed by atoms with van der Waals surface area (Å²) < 4.78 is 45.7. The van der Waals surface area contributed by atoms with Gasteiger partial charge in [0, 0.05) is 0 Å². The van der Waals surface area contributed by atoms with Crippen molar-refractivity contribution in [2.45, 2.75) is 51.9 Å². The number of ether oxygens (including phenoxy) is 1. The molecule has 23 heavy (non-hydrogen) atoms. The fraction of sp³-hybridized carbons (Fsp3) is 0.579. The third-order valence-corrected chi connectivity index (χ3v) is 4.81. The van der Waals surface area contributed by atoms with E-state index in [4.69, 9.17) is 4.74 Å². The second kappa shape index (κ2) is 8.42. The van der Waals surface area contributed by atoms with Gasteiger partial charge in [-0.1, -0.05) is 13.0 Å². The van der Waals surface area contributed by atoms with E-state index in [0.29, 0.717) is 30.2 Å². The summed E-state index contributed by atoms with van der Waals surface area (Å²) in [5.74, 6) is -0.948. The molecule has 2 rings (SSSR count). The Kier molecular flexibility index (Phi) is 6.55. The summed E-state index contributed by atoms with van der Waals surface area (Å²) in [5.41, 5.74) is 0.405. The van der Waals surface area contributed by atoms with E-state index < -0.39 is 11.6 Å². The molecule has 1 aromatic carbocycles. The van der Waals surface area contributed by atoms with Crippen LogP contribution in [0.2, 0.25) is 0 Å². The van der Waals surface area contributed by atoms with Crippen molar-refractivity contribution >= 4 is 0 Å². The Morgan fingerprint density at radius 1 is 1.17 bits per heavy atom. The van der Waals surface area contributed by atoms with Crippen molar-refractivity contribution in [2.75, 3.05) is 7.11 Å². The monoisotopic (exact) mass is 326 g/mol. The maximum atomic E-state index is 13.9. The van der Waals surface area contributed by atoms with Crippen molar-refractivity contribution in [1.82, 2.24) is 0 Å². The molecule has 0 spiro atoms. The highest BCUT2D eigenvalue weighted by atomic mass is 19.2. The molecule has 1 fully saturated rings. The third kappa shape index (κ3) is 4.76. The first-order valence-electron chi connectivity index (χ1n) is 8.42. The molecule has 0 bridgehead atoms. The van der Waals surface area contributed by atoms with Crippen molar-refractivity contribution in [3.8, 4) is 5.75 Å². The van der Waals surface area contributed by atoms with Crippen molar-refractivity contribution in [3.05, 3.63) is 41.2 Å². The number of hydrogen-bond acceptors (Lipinski definition) is 1. The van der Waals surface area contributed by atoms with Gasteiger partial charge in [-0.05, 0) is 74.5 Å². The van der Waals surface area contributed by atoms with Crippen LogP contribution in [0, 0.1) is 23.5 Å². The number of rotatable bonds is 6. The Hall–Kier alpha value is -1.45. The molecule has 0 amide bonds. The smallest absolute Gasteiger partial charge is 0.200 e. The standard InChI is InChI=1S/C19H25F3O/c1-3-16(20)12-14-6-4-13(5-7-14)8-9-15-10-11-17(23-2)19(22)18(15)21/h10-14H,3-9H2,1-2H3/b16-12-. The number of halogens is 3. The zero-order valence-electron chi connectivity index (χ0n) is 13.9. The van der Waals surface area contributed by atoms with Crippen LogP contribution >= 0.6 is 0 Å². The first kappa shape index (κ1) is 17.9. The molecule has 1 aromatic rings. The lowest BCUT2D eigenvalue weighted by molar-refractivity contribution is 0.292. The maximum absolute atomic E-state index is 13.9. The largest absolute Gasteiger partial charge is 0.494 e. The van der Waals surface area contributed by atoms with Gasteiger partial charge in [-0.15, -0.1) is 0 Å². The Labute approximate surface area is 136 Å². The number of allylic oxidation sites excluding steroid dienone is 2. The zero-order chi connectivity index (χ0) is 16.8. The van der Waals surface area contributed by atoms with Gasteiger partial charge in [-0.3, -0.25) is 0 Å². The summed E-state index contributed by atoms with van der Waals surface area (Å²) in [6.07, 6.45) is 7.61. The lowest BCUT2D eigenvalue weighted by Crippen LogP contribution is -2.14. The Morgan fingerprint density at radius 2 is 1.87 bits per heavy atom. The van der Waals surface area contributed by atoms with Crippen LogP contribution in [0.4, 0.5) is 13.2 Å². The van der Waals surface area contributed by atoms with Crippen LogP contribution in [0.25, 0.3) is 0 Å². The van der Waals surface area contributed by atoms with Crippen molar-refractivity contribution < 1.29 is 17.9 Å². The normalized spacial score (nSPS) is 22.2. The third-order valence-electron chi connectivity index (χ3n) is 4.81. The highest BCUT2D eigenvalue weighted by Gasteiger charge is 2.21. The molecular formula is C19H25F3O. The highest BCUT2D eigenvalue weighted by molar-refractivity contribution is 5.31. The minimum Gasteiger partial charge on any atom is -0.494 e.